The van der Waals surface area contributed by atoms with E-state index in [-0.39, 0.29) is 30.4 Å². The molecule has 10 nitrogen and oxygen atoms in total. The van der Waals surface area contributed by atoms with Crippen molar-refractivity contribution < 1.29 is 19.4 Å². The molecule has 6 aliphatic rings. The van der Waals surface area contributed by atoms with Crippen molar-refractivity contribution in [1.29, 1.82) is 0 Å². The first-order chi connectivity index (χ1) is 26.5. The average Bonchev–Trinajstić information content (AvgIpc) is 3.20. The van der Waals surface area contributed by atoms with Gasteiger partial charge in [-0.2, -0.15) is 0 Å². The van der Waals surface area contributed by atoms with Crippen LogP contribution in [0, 0.1) is 17.8 Å². The van der Waals surface area contributed by atoms with Crippen LogP contribution >= 0.6 is 0 Å². The van der Waals surface area contributed by atoms with E-state index in [1.54, 1.807) is 12.4 Å². The summed E-state index contributed by atoms with van der Waals surface area (Å²) in [6, 6.07) is 26.8. The lowest BCUT2D eigenvalue weighted by Crippen LogP contribution is -2.61. The van der Waals surface area contributed by atoms with Gasteiger partial charge in [0.15, 0.2) is 6.29 Å². The second-order valence-electron chi connectivity index (χ2n) is 16.5. The Balaban J connectivity index is 0.843. The van der Waals surface area contributed by atoms with Crippen LogP contribution in [-0.4, -0.2) is 70.4 Å². The highest BCUT2D eigenvalue weighted by atomic mass is 16.7. The summed E-state index contributed by atoms with van der Waals surface area (Å²) in [5.74, 6) is 3.18. The third-order valence-electron chi connectivity index (χ3n) is 12.6. The number of aliphatic hydroxyl groups excluding tert-OH is 1. The zero-order valence-corrected chi connectivity index (χ0v) is 31.0. The Morgan fingerprint density at radius 2 is 1.44 bits per heavy atom. The van der Waals surface area contributed by atoms with Crippen molar-refractivity contribution in [2.24, 2.45) is 17.8 Å². The van der Waals surface area contributed by atoms with Gasteiger partial charge in [-0.1, -0.05) is 66.7 Å². The predicted octanol–water partition coefficient (Wildman–Crippen LogP) is 6.77. The van der Waals surface area contributed by atoms with E-state index in [9.17, 15) is 9.90 Å². The van der Waals surface area contributed by atoms with Crippen molar-refractivity contribution in [3.63, 3.8) is 0 Å². The summed E-state index contributed by atoms with van der Waals surface area (Å²) in [5.41, 5.74) is 6.24. The molecule has 2 saturated heterocycles. The Bertz CT molecular complexity index is 1850. The second-order valence-corrected chi connectivity index (χ2v) is 16.5. The SMILES string of the molecule is O=C(NCc1cccc(-c2ccc([C@@H]3O[C@H](CN4CCN(c5ncccn5)CC4)C[C@H](c4ccc(CO)cc4)O3)cc2)c1)NC12CC3CC(CC(C3)C1)C2. The van der Waals surface area contributed by atoms with E-state index >= 15 is 0 Å². The van der Waals surface area contributed by atoms with Gasteiger partial charge in [-0.25, -0.2) is 14.8 Å². The van der Waals surface area contributed by atoms with E-state index in [0.29, 0.717) is 6.54 Å². The molecular weight excluding hydrogens is 677 g/mol. The number of ether oxygens (including phenoxy) is 2. The minimum absolute atomic E-state index is 0.00659. The van der Waals surface area contributed by atoms with Crippen LogP contribution in [0.25, 0.3) is 11.1 Å². The number of hydrogen-bond acceptors (Lipinski definition) is 8. The molecule has 3 aromatic carbocycles. The maximum Gasteiger partial charge on any atom is 0.315 e. The van der Waals surface area contributed by atoms with Crippen molar-refractivity contribution >= 4 is 12.0 Å². The van der Waals surface area contributed by atoms with Crippen LogP contribution in [0.2, 0.25) is 0 Å². The second kappa shape index (κ2) is 15.4. The topological polar surface area (TPSA) is 112 Å². The number of aliphatic hydroxyl groups is 1. The molecular formula is C44H52N6O4. The molecule has 2 amide bonds. The van der Waals surface area contributed by atoms with E-state index in [1.165, 1.54) is 19.3 Å². The first-order valence-electron chi connectivity index (χ1n) is 20.0. The van der Waals surface area contributed by atoms with Crippen molar-refractivity contribution in [2.45, 2.75) is 82.1 Å². The lowest BCUT2D eigenvalue weighted by atomic mass is 9.53. The van der Waals surface area contributed by atoms with Crippen molar-refractivity contribution in [1.82, 2.24) is 25.5 Å². The lowest BCUT2D eigenvalue weighted by molar-refractivity contribution is -0.253. The third-order valence-corrected chi connectivity index (χ3v) is 12.6. The number of aromatic nitrogens is 2. The Labute approximate surface area is 318 Å². The Hall–Kier alpha value is -4.35. The maximum absolute atomic E-state index is 13.1. The molecule has 3 atom stereocenters. The molecule has 54 heavy (non-hydrogen) atoms. The number of carbonyl (C=O) groups is 1. The van der Waals surface area contributed by atoms with E-state index in [0.717, 1.165) is 115 Å². The molecule has 0 unspecified atom stereocenters. The lowest BCUT2D eigenvalue weighted by Gasteiger charge is -2.56. The number of nitrogens with zero attached hydrogens (tertiary/aromatic N) is 4. The van der Waals surface area contributed by atoms with E-state index < -0.39 is 6.29 Å². The number of rotatable bonds is 10. The van der Waals surface area contributed by atoms with Crippen LogP contribution < -0.4 is 15.5 Å². The summed E-state index contributed by atoms with van der Waals surface area (Å²) in [4.78, 5) is 26.7. The smallest absolute Gasteiger partial charge is 0.315 e. The quantitative estimate of drug-likeness (QED) is 0.164. The van der Waals surface area contributed by atoms with Gasteiger partial charge in [0.2, 0.25) is 5.95 Å². The minimum Gasteiger partial charge on any atom is -0.392 e. The van der Waals surface area contributed by atoms with Gasteiger partial charge >= 0.3 is 6.03 Å². The van der Waals surface area contributed by atoms with Gasteiger partial charge in [-0.05, 0) is 96.2 Å². The van der Waals surface area contributed by atoms with E-state index in [4.69, 9.17) is 9.47 Å². The zero-order valence-electron chi connectivity index (χ0n) is 31.0. The van der Waals surface area contributed by atoms with E-state index in [2.05, 4.69) is 91.1 Å². The molecule has 6 fully saturated rings. The van der Waals surface area contributed by atoms with Crippen LogP contribution in [0.3, 0.4) is 0 Å². The van der Waals surface area contributed by atoms with Crippen LogP contribution in [0.15, 0.2) is 91.3 Å². The number of nitrogens with one attached hydrogen (secondary N) is 2. The third kappa shape index (κ3) is 7.89. The molecule has 4 aromatic rings. The summed E-state index contributed by atoms with van der Waals surface area (Å²) in [6.07, 6.45) is 11.2. The molecule has 1 aromatic heterocycles. The highest BCUT2D eigenvalue weighted by molar-refractivity contribution is 5.75. The van der Waals surface area contributed by atoms with Crippen LogP contribution in [0.5, 0.6) is 0 Å². The maximum atomic E-state index is 13.1. The van der Waals surface area contributed by atoms with Crippen LogP contribution in [0.1, 0.15) is 79.6 Å². The molecule has 4 saturated carbocycles. The first-order valence-corrected chi connectivity index (χ1v) is 20.0. The van der Waals surface area contributed by atoms with Gasteiger partial charge in [0.25, 0.3) is 0 Å². The Kier molecular flexibility index (Phi) is 10.1. The highest BCUT2D eigenvalue weighted by Gasteiger charge is 2.51. The molecule has 10 heteroatoms. The molecule has 282 valence electrons. The largest absolute Gasteiger partial charge is 0.392 e. The monoisotopic (exact) mass is 728 g/mol. The predicted molar refractivity (Wildman–Crippen MR) is 207 cm³/mol. The van der Waals surface area contributed by atoms with Crippen LogP contribution in [-0.2, 0) is 22.6 Å². The molecule has 10 rings (SSSR count). The van der Waals surface area contributed by atoms with Gasteiger partial charge in [-0.3, -0.25) is 4.90 Å². The number of carbonyl (C=O) groups excluding carboxylic acids is 1. The number of benzene rings is 3. The molecule has 3 heterocycles. The van der Waals surface area contributed by atoms with Gasteiger partial charge in [0.05, 0.1) is 18.8 Å². The Morgan fingerprint density at radius 3 is 2.13 bits per heavy atom. The fourth-order valence-electron chi connectivity index (χ4n) is 10.3. The van der Waals surface area contributed by atoms with Crippen molar-refractivity contribution in [3.05, 3.63) is 114 Å². The fourth-order valence-corrected chi connectivity index (χ4v) is 10.3. The number of amides is 2. The molecule has 4 aliphatic carbocycles. The van der Waals surface area contributed by atoms with Gasteiger partial charge in [0, 0.05) is 69.2 Å². The van der Waals surface area contributed by atoms with E-state index in [1.807, 2.05) is 18.2 Å². The van der Waals surface area contributed by atoms with Gasteiger partial charge in [-0.15, -0.1) is 0 Å². The number of piperazine rings is 1. The Morgan fingerprint density at radius 1 is 0.759 bits per heavy atom. The van der Waals surface area contributed by atoms with Crippen molar-refractivity contribution in [3.8, 4) is 11.1 Å². The number of hydrogen-bond donors (Lipinski definition) is 3. The average molecular weight is 729 g/mol. The molecule has 0 spiro atoms. The highest BCUT2D eigenvalue weighted by Crippen LogP contribution is 2.55. The summed E-state index contributed by atoms with van der Waals surface area (Å²) in [5, 5.41) is 16.2. The summed E-state index contributed by atoms with van der Waals surface area (Å²) < 4.78 is 13.4. The fraction of sp³-hybridized carbons (Fsp3) is 0.477. The standard InChI is InChI=1S/C44H52N6O4/c51-29-30-5-7-36(8-6-30)40-23-39(28-49-15-17-50(18-16-49)42-45-13-2-14-46-42)53-41(54-40)37-11-9-35(10-12-37)38-4-1-3-31(22-38)27-47-43(52)48-44-24-32-19-33(25-44)21-34(20-32)26-44/h1-14,22,32-34,39-41,51H,15-21,23-29H2,(H2,47,48,52)/t32?,33?,34?,39-,40+,41+,44?/m0/s1. The van der Waals surface area contributed by atoms with Crippen molar-refractivity contribution in [2.75, 3.05) is 37.6 Å². The minimum atomic E-state index is -0.512. The summed E-state index contributed by atoms with van der Waals surface area (Å²) >= 11 is 0. The molecule has 2 aliphatic heterocycles. The first kappa shape index (κ1) is 35.4. The summed E-state index contributed by atoms with van der Waals surface area (Å²) in [7, 11) is 0. The van der Waals surface area contributed by atoms with Crippen LogP contribution in [0.4, 0.5) is 10.7 Å². The molecule has 3 N–H and O–H groups in total. The van der Waals surface area contributed by atoms with Gasteiger partial charge in [0.1, 0.15) is 0 Å². The molecule has 4 bridgehead atoms. The zero-order chi connectivity index (χ0) is 36.5. The number of urea groups is 1. The number of anilines is 1. The van der Waals surface area contributed by atoms with Gasteiger partial charge < -0.3 is 30.1 Å². The molecule has 0 radical (unpaired) electrons. The normalized spacial score (nSPS) is 29.2. The summed E-state index contributed by atoms with van der Waals surface area (Å²) in [6.45, 7) is 4.89.